The smallest absolute Gasteiger partial charge is 0.323 e. The van der Waals surface area contributed by atoms with Crippen LogP contribution >= 0.6 is 15.9 Å². The number of carbonyl (C=O) groups is 2. The summed E-state index contributed by atoms with van der Waals surface area (Å²) in [5.74, 6) is -1.31. The molecule has 0 aromatic carbocycles. The predicted molar refractivity (Wildman–Crippen MR) is 74.1 cm³/mol. The lowest BCUT2D eigenvalue weighted by Gasteiger charge is -2.19. The first-order valence-corrected chi connectivity index (χ1v) is 6.81. The van der Waals surface area contributed by atoms with Gasteiger partial charge in [0.1, 0.15) is 12.2 Å². The van der Waals surface area contributed by atoms with Gasteiger partial charge in [-0.1, -0.05) is 6.08 Å². The number of hydrogen-bond acceptors (Lipinski definition) is 2. The van der Waals surface area contributed by atoms with Crippen LogP contribution in [0.25, 0.3) is 0 Å². The average molecular weight is 327 g/mol. The molecule has 0 atom stereocenters. The molecule has 1 aromatic rings. The van der Waals surface area contributed by atoms with E-state index >= 15 is 0 Å². The second kappa shape index (κ2) is 5.61. The molecule has 0 unspecified atom stereocenters. The van der Waals surface area contributed by atoms with Crippen LogP contribution in [-0.2, 0) is 4.79 Å². The van der Waals surface area contributed by atoms with Crippen molar-refractivity contribution in [2.24, 2.45) is 0 Å². The fourth-order valence-corrected chi connectivity index (χ4v) is 2.41. The van der Waals surface area contributed by atoms with Crippen LogP contribution in [0.5, 0.6) is 0 Å². The van der Waals surface area contributed by atoms with Crippen molar-refractivity contribution in [3.63, 3.8) is 0 Å². The van der Waals surface area contributed by atoms with E-state index in [9.17, 15) is 9.59 Å². The Morgan fingerprint density at radius 2 is 2.26 bits per heavy atom. The van der Waals surface area contributed by atoms with Gasteiger partial charge in [-0.3, -0.25) is 9.59 Å². The number of halogens is 1. The molecule has 5 nitrogen and oxygen atoms in total. The average Bonchev–Trinajstić information content (AvgIpc) is 3.10. The summed E-state index contributed by atoms with van der Waals surface area (Å²) in [6.45, 7) is 3.46. The van der Waals surface area contributed by atoms with Gasteiger partial charge in [0.2, 0.25) is 0 Å². The van der Waals surface area contributed by atoms with Gasteiger partial charge in [-0.2, -0.15) is 0 Å². The topological polar surface area (TPSA) is 62.5 Å². The number of rotatable bonds is 6. The number of carboxylic acids is 1. The van der Waals surface area contributed by atoms with Crippen molar-refractivity contribution < 1.29 is 14.7 Å². The molecule has 0 saturated heterocycles. The molecule has 0 radical (unpaired) electrons. The van der Waals surface area contributed by atoms with E-state index in [4.69, 9.17) is 5.11 Å². The molecule has 1 saturated carbocycles. The summed E-state index contributed by atoms with van der Waals surface area (Å²) in [5.41, 5.74) is 0.525. The van der Waals surface area contributed by atoms with Gasteiger partial charge in [-0.25, -0.2) is 0 Å². The van der Waals surface area contributed by atoms with Crippen molar-refractivity contribution in [2.75, 3.05) is 13.1 Å². The Labute approximate surface area is 119 Å². The highest BCUT2D eigenvalue weighted by atomic mass is 79.9. The maximum Gasteiger partial charge on any atom is 0.323 e. The number of nitrogens with zero attached hydrogens (tertiary/aromatic N) is 2. The number of aromatic nitrogens is 1. The molecule has 1 heterocycles. The van der Waals surface area contributed by atoms with Crippen LogP contribution in [-0.4, -0.2) is 39.5 Å². The highest BCUT2D eigenvalue weighted by molar-refractivity contribution is 9.10. The number of amides is 1. The molecule has 0 aliphatic heterocycles. The van der Waals surface area contributed by atoms with E-state index in [1.54, 1.807) is 6.07 Å². The van der Waals surface area contributed by atoms with Crippen LogP contribution in [0.4, 0.5) is 0 Å². The van der Waals surface area contributed by atoms with Crippen molar-refractivity contribution in [1.29, 1.82) is 0 Å². The third-order valence-electron chi connectivity index (χ3n) is 2.94. The Morgan fingerprint density at radius 1 is 1.58 bits per heavy atom. The van der Waals surface area contributed by atoms with E-state index in [1.165, 1.54) is 11.0 Å². The molecule has 102 valence electrons. The molecular weight excluding hydrogens is 312 g/mol. The van der Waals surface area contributed by atoms with Gasteiger partial charge in [-0.15, -0.1) is 6.58 Å². The minimum absolute atomic E-state index is 0.221. The van der Waals surface area contributed by atoms with Crippen LogP contribution in [0.3, 0.4) is 0 Å². The summed E-state index contributed by atoms with van der Waals surface area (Å²) >= 11 is 3.36. The van der Waals surface area contributed by atoms with Crippen LogP contribution in [0, 0.1) is 0 Å². The molecule has 0 spiro atoms. The lowest BCUT2D eigenvalue weighted by atomic mass is 10.3. The third-order valence-corrected chi connectivity index (χ3v) is 3.37. The zero-order valence-corrected chi connectivity index (χ0v) is 12.0. The van der Waals surface area contributed by atoms with Gasteiger partial charge in [-0.05, 0) is 34.8 Å². The zero-order valence-electron chi connectivity index (χ0n) is 10.4. The zero-order chi connectivity index (χ0) is 14.0. The SMILES string of the molecule is C=CCN(CC(=O)O)C(=O)c1cc(Br)cn1C1CC1. The summed E-state index contributed by atoms with van der Waals surface area (Å²) in [6.07, 6.45) is 5.52. The number of carbonyl (C=O) groups excluding carboxylic acids is 1. The number of aliphatic carboxylic acids is 1. The maximum atomic E-state index is 12.4. The first-order chi connectivity index (χ1) is 9.02. The lowest BCUT2D eigenvalue weighted by molar-refractivity contribution is -0.137. The Bertz CT molecular complexity index is 520. The van der Waals surface area contributed by atoms with Crippen molar-refractivity contribution in [3.05, 3.63) is 35.1 Å². The molecule has 1 fully saturated rings. The third kappa shape index (κ3) is 3.26. The number of carboxylic acid groups (broad SMARTS) is 1. The summed E-state index contributed by atoms with van der Waals surface area (Å²) in [7, 11) is 0. The summed E-state index contributed by atoms with van der Waals surface area (Å²) in [5, 5.41) is 8.86. The van der Waals surface area contributed by atoms with Crippen LogP contribution in [0.1, 0.15) is 29.4 Å². The van der Waals surface area contributed by atoms with E-state index in [0.29, 0.717) is 11.7 Å². The molecule has 19 heavy (non-hydrogen) atoms. The van der Waals surface area contributed by atoms with Crippen molar-refractivity contribution in [1.82, 2.24) is 9.47 Å². The summed E-state index contributed by atoms with van der Waals surface area (Å²) in [6, 6.07) is 2.10. The van der Waals surface area contributed by atoms with Crippen LogP contribution in [0.2, 0.25) is 0 Å². The van der Waals surface area contributed by atoms with Crippen LogP contribution < -0.4 is 0 Å². The summed E-state index contributed by atoms with van der Waals surface area (Å²) in [4.78, 5) is 24.5. The van der Waals surface area contributed by atoms with Crippen molar-refractivity contribution >= 4 is 27.8 Å². The Hall–Kier alpha value is -1.56. The van der Waals surface area contributed by atoms with Gasteiger partial charge in [0, 0.05) is 23.3 Å². The molecular formula is C13H15BrN2O3. The Kier molecular flexibility index (Phi) is 4.09. The second-order valence-electron chi connectivity index (χ2n) is 4.55. The van der Waals surface area contributed by atoms with E-state index in [2.05, 4.69) is 22.5 Å². The maximum absolute atomic E-state index is 12.4. The van der Waals surface area contributed by atoms with E-state index in [1.807, 2.05) is 10.8 Å². The fourth-order valence-electron chi connectivity index (χ4n) is 1.97. The molecule has 1 aliphatic carbocycles. The predicted octanol–water partition coefficient (Wildman–Crippen LogP) is 2.30. The molecule has 2 rings (SSSR count). The quantitative estimate of drug-likeness (QED) is 0.816. The highest BCUT2D eigenvalue weighted by Crippen LogP contribution is 2.37. The minimum atomic E-state index is -1.03. The lowest BCUT2D eigenvalue weighted by Crippen LogP contribution is -2.36. The molecule has 6 heteroatoms. The Morgan fingerprint density at radius 3 is 2.79 bits per heavy atom. The van der Waals surface area contributed by atoms with Crippen molar-refractivity contribution in [2.45, 2.75) is 18.9 Å². The highest BCUT2D eigenvalue weighted by Gasteiger charge is 2.29. The fraction of sp³-hybridized carbons (Fsp3) is 0.385. The second-order valence-corrected chi connectivity index (χ2v) is 5.47. The molecule has 0 bridgehead atoms. The molecule has 1 amide bonds. The van der Waals surface area contributed by atoms with E-state index < -0.39 is 5.97 Å². The normalized spacial score (nSPS) is 14.2. The molecule has 1 aliphatic rings. The van der Waals surface area contributed by atoms with Gasteiger partial charge in [0.25, 0.3) is 5.91 Å². The van der Waals surface area contributed by atoms with Gasteiger partial charge in [0.15, 0.2) is 0 Å². The largest absolute Gasteiger partial charge is 0.480 e. The molecule has 1 N–H and O–H groups in total. The first-order valence-electron chi connectivity index (χ1n) is 6.02. The van der Waals surface area contributed by atoms with Gasteiger partial charge >= 0.3 is 5.97 Å². The standard InChI is InChI=1S/C13H15BrN2O3/c1-2-5-15(8-12(17)18)13(19)11-6-9(14)7-16(11)10-3-4-10/h2,6-7,10H,1,3-5,8H2,(H,17,18). The summed E-state index contributed by atoms with van der Waals surface area (Å²) < 4.78 is 2.75. The van der Waals surface area contributed by atoms with Crippen LogP contribution in [0.15, 0.2) is 29.4 Å². The number of hydrogen-bond donors (Lipinski definition) is 1. The van der Waals surface area contributed by atoms with E-state index in [-0.39, 0.29) is 19.0 Å². The van der Waals surface area contributed by atoms with Crippen molar-refractivity contribution in [3.8, 4) is 0 Å². The van der Waals surface area contributed by atoms with Gasteiger partial charge < -0.3 is 14.6 Å². The monoisotopic (exact) mass is 326 g/mol. The van der Waals surface area contributed by atoms with E-state index in [0.717, 1.165) is 17.3 Å². The first kappa shape index (κ1) is 13.9. The minimum Gasteiger partial charge on any atom is -0.480 e. The van der Waals surface area contributed by atoms with Gasteiger partial charge in [0.05, 0.1) is 0 Å². The Balaban J connectivity index is 2.25. The molecule has 1 aromatic heterocycles.